The van der Waals surface area contributed by atoms with E-state index in [1.54, 1.807) is 4.57 Å². The Kier molecular flexibility index (Phi) is 3.90. The number of nitrogens with zero attached hydrogens (tertiary/aromatic N) is 2. The molecule has 0 saturated heterocycles. The van der Waals surface area contributed by atoms with Crippen LogP contribution in [0.25, 0.3) is 17.3 Å². The molecule has 0 saturated carbocycles. The third kappa shape index (κ3) is 2.65. The van der Waals surface area contributed by atoms with Gasteiger partial charge in [0, 0.05) is 17.4 Å². The summed E-state index contributed by atoms with van der Waals surface area (Å²) in [5.41, 5.74) is 6.20. The van der Waals surface area contributed by atoms with Crippen molar-refractivity contribution in [3.8, 4) is 11.6 Å². The van der Waals surface area contributed by atoms with E-state index in [0.717, 1.165) is 33.0 Å². The number of rotatable bonds is 2. The second kappa shape index (κ2) is 6.10. The Hall–Kier alpha value is -2.50. The lowest BCUT2D eigenvalue weighted by molar-refractivity contribution is 0.441. The van der Waals surface area contributed by atoms with Crippen molar-refractivity contribution in [3.05, 3.63) is 68.0 Å². The highest BCUT2D eigenvalue weighted by Crippen LogP contribution is 2.37. The van der Waals surface area contributed by atoms with Crippen LogP contribution in [0.1, 0.15) is 21.6 Å². The highest BCUT2D eigenvalue weighted by Gasteiger charge is 2.17. The molecule has 4 rings (SSSR count). The molecule has 0 bridgehead atoms. The van der Waals surface area contributed by atoms with Crippen LogP contribution in [0.3, 0.4) is 0 Å². The van der Waals surface area contributed by atoms with Crippen LogP contribution in [0.4, 0.5) is 5.69 Å². The van der Waals surface area contributed by atoms with Crippen LogP contribution >= 0.6 is 23.6 Å². The average Bonchev–Trinajstić information content (AvgIpc) is 3.13. The molecule has 0 amide bonds. The molecule has 2 aromatic carbocycles. The van der Waals surface area contributed by atoms with E-state index in [1.165, 1.54) is 16.9 Å². The normalized spacial score (nSPS) is 14.2. The summed E-state index contributed by atoms with van der Waals surface area (Å²) in [7, 11) is 0. The summed E-state index contributed by atoms with van der Waals surface area (Å²) in [4.78, 5) is 5.16. The van der Waals surface area contributed by atoms with Crippen LogP contribution in [-0.2, 0) is 0 Å². The van der Waals surface area contributed by atoms with Crippen molar-refractivity contribution in [2.75, 3.05) is 0 Å². The maximum Gasteiger partial charge on any atom is 0.215 e. The molecular formula is C20H16N2OS2. The zero-order chi connectivity index (χ0) is 17.6. The van der Waals surface area contributed by atoms with Gasteiger partial charge in [0.25, 0.3) is 0 Å². The fourth-order valence-corrected chi connectivity index (χ4v) is 4.25. The molecular weight excluding hydrogens is 348 g/mol. The lowest BCUT2D eigenvalue weighted by Gasteiger charge is -2.10. The molecule has 1 aromatic heterocycles. The summed E-state index contributed by atoms with van der Waals surface area (Å²) in [6, 6.07) is 14.0. The molecule has 1 aliphatic heterocycles. The third-order valence-corrected chi connectivity index (χ3v) is 5.78. The number of benzene rings is 2. The second-order valence-corrected chi connectivity index (χ2v) is 7.66. The predicted octanol–water partition coefficient (Wildman–Crippen LogP) is 5.85. The number of allylic oxidation sites excluding steroid dienone is 1. The number of hydrogen-bond acceptors (Lipinski definition) is 4. The van der Waals surface area contributed by atoms with E-state index < -0.39 is 0 Å². The van der Waals surface area contributed by atoms with Crippen molar-refractivity contribution < 1.29 is 5.11 Å². The maximum absolute atomic E-state index is 10.8. The van der Waals surface area contributed by atoms with Gasteiger partial charge in [0.15, 0.2) is 3.95 Å². The van der Waals surface area contributed by atoms with Crippen molar-refractivity contribution >= 4 is 47.1 Å². The van der Waals surface area contributed by atoms with E-state index >= 15 is 0 Å². The maximum atomic E-state index is 10.8. The fourth-order valence-electron chi connectivity index (χ4n) is 2.96. The van der Waals surface area contributed by atoms with Crippen LogP contribution in [-0.4, -0.2) is 15.9 Å². The number of thiazole rings is 1. The van der Waals surface area contributed by atoms with Crippen molar-refractivity contribution in [3.63, 3.8) is 0 Å². The van der Waals surface area contributed by atoms with Gasteiger partial charge in [-0.1, -0.05) is 30.3 Å². The predicted molar refractivity (Wildman–Crippen MR) is 108 cm³/mol. The Morgan fingerprint density at radius 3 is 2.76 bits per heavy atom. The SMILES string of the molecule is Cc1cccc(-n2c(O)c(C=C3C=Nc4ccccc43)sc2=S)c1C. The third-order valence-electron chi connectivity index (χ3n) is 4.47. The molecule has 0 radical (unpaired) electrons. The molecule has 0 atom stereocenters. The smallest absolute Gasteiger partial charge is 0.215 e. The molecule has 5 heteroatoms. The first-order valence-electron chi connectivity index (χ1n) is 7.93. The number of aromatic hydroxyl groups is 1. The Labute approximate surface area is 155 Å². The number of hydrogen-bond donors (Lipinski definition) is 1. The number of para-hydroxylation sites is 1. The lowest BCUT2D eigenvalue weighted by atomic mass is 10.1. The van der Waals surface area contributed by atoms with Gasteiger partial charge in [-0.3, -0.25) is 9.56 Å². The minimum absolute atomic E-state index is 0.175. The van der Waals surface area contributed by atoms with Crippen LogP contribution < -0.4 is 0 Å². The van der Waals surface area contributed by atoms with Crippen molar-refractivity contribution in [1.29, 1.82) is 0 Å². The van der Waals surface area contributed by atoms with Gasteiger partial charge in [0.2, 0.25) is 5.88 Å². The Balaban J connectivity index is 1.85. The molecule has 0 aliphatic carbocycles. The first kappa shape index (κ1) is 16.0. The first-order valence-corrected chi connectivity index (χ1v) is 9.15. The van der Waals surface area contributed by atoms with Crippen LogP contribution in [0.2, 0.25) is 0 Å². The largest absolute Gasteiger partial charge is 0.493 e. The Bertz CT molecular complexity index is 1100. The molecule has 1 N–H and O–H groups in total. The van der Waals surface area contributed by atoms with E-state index in [0.29, 0.717) is 3.95 Å². The molecule has 0 unspecified atom stereocenters. The number of aryl methyl sites for hydroxylation is 1. The van der Waals surface area contributed by atoms with Gasteiger partial charge in [-0.2, -0.15) is 0 Å². The number of aromatic nitrogens is 1. The standard InChI is InChI=1S/C20H16N2OS2/c1-12-6-5-9-17(13(12)2)22-19(23)18(25-20(22)24)10-14-11-21-16-8-4-3-7-15(14)16/h3-11,23H,1-2H3. The van der Waals surface area contributed by atoms with Crippen LogP contribution in [0, 0.1) is 17.8 Å². The van der Waals surface area contributed by atoms with Gasteiger partial charge in [-0.15, -0.1) is 11.3 Å². The first-order chi connectivity index (χ1) is 12.1. The van der Waals surface area contributed by atoms with Gasteiger partial charge in [0.05, 0.1) is 16.3 Å². The van der Waals surface area contributed by atoms with E-state index in [-0.39, 0.29) is 5.88 Å². The van der Waals surface area contributed by atoms with E-state index in [9.17, 15) is 5.11 Å². The highest BCUT2D eigenvalue weighted by molar-refractivity contribution is 7.73. The summed E-state index contributed by atoms with van der Waals surface area (Å²) in [5.74, 6) is 0.175. The van der Waals surface area contributed by atoms with Gasteiger partial charge in [-0.05, 0) is 55.4 Å². The summed E-state index contributed by atoms with van der Waals surface area (Å²) >= 11 is 6.92. The van der Waals surface area contributed by atoms with Gasteiger partial charge < -0.3 is 5.11 Å². The van der Waals surface area contributed by atoms with Crippen molar-refractivity contribution in [2.45, 2.75) is 13.8 Å². The molecule has 2 heterocycles. The summed E-state index contributed by atoms with van der Waals surface area (Å²) in [5, 5.41) is 10.8. The topological polar surface area (TPSA) is 37.5 Å². The van der Waals surface area contributed by atoms with Crippen LogP contribution in [0.5, 0.6) is 5.88 Å². The average molecular weight is 364 g/mol. The summed E-state index contributed by atoms with van der Waals surface area (Å²) < 4.78 is 2.37. The molecule has 124 valence electrons. The van der Waals surface area contributed by atoms with Gasteiger partial charge in [-0.25, -0.2) is 0 Å². The number of aliphatic imine (C=N–C) groups is 1. The quantitative estimate of drug-likeness (QED) is 0.579. The van der Waals surface area contributed by atoms with Gasteiger partial charge in [0.1, 0.15) is 0 Å². The molecule has 25 heavy (non-hydrogen) atoms. The van der Waals surface area contributed by atoms with Crippen molar-refractivity contribution in [2.24, 2.45) is 4.99 Å². The minimum Gasteiger partial charge on any atom is -0.493 e. The highest BCUT2D eigenvalue weighted by atomic mass is 32.1. The summed E-state index contributed by atoms with van der Waals surface area (Å²) in [6.45, 7) is 4.10. The second-order valence-electron chi connectivity index (χ2n) is 5.99. The number of fused-ring (bicyclic) bond motifs is 1. The molecule has 3 nitrogen and oxygen atoms in total. The fraction of sp³-hybridized carbons (Fsp3) is 0.100. The van der Waals surface area contributed by atoms with Gasteiger partial charge >= 0.3 is 0 Å². The molecule has 3 aromatic rings. The molecule has 0 fully saturated rings. The zero-order valence-electron chi connectivity index (χ0n) is 13.9. The van der Waals surface area contributed by atoms with E-state index in [4.69, 9.17) is 12.2 Å². The van der Waals surface area contributed by atoms with Crippen LogP contribution in [0.15, 0.2) is 47.5 Å². The Morgan fingerprint density at radius 1 is 1.12 bits per heavy atom. The monoisotopic (exact) mass is 364 g/mol. The lowest BCUT2D eigenvalue weighted by Crippen LogP contribution is -1.97. The Morgan fingerprint density at radius 2 is 1.92 bits per heavy atom. The minimum atomic E-state index is 0.175. The van der Waals surface area contributed by atoms with E-state index in [1.807, 2.05) is 55.6 Å². The summed E-state index contributed by atoms with van der Waals surface area (Å²) in [6.07, 6.45) is 3.78. The molecule has 0 spiro atoms. The molecule has 1 aliphatic rings. The zero-order valence-corrected chi connectivity index (χ0v) is 15.5. The van der Waals surface area contributed by atoms with E-state index in [2.05, 4.69) is 18.0 Å². The van der Waals surface area contributed by atoms with Crippen molar-refractivity contribution in [1.82, 2.24) is 4.57 Å².